The number of hydrogen-bond acceptors (Lipinski definition) is 6. The van der Waals surface area contributed by atoms with Crippen LogP contribution in [0.25, 0.3) is 10.9 Å². The fourth-order valence-electron chi connectivity index (χ4n) is 2.70. The number of esters is 1. The van der Waals surface area contributed by atoms with Crippen LogP contribution in [0.3, 0.4) is 0 Å². The highest BCUT2D eigenvalue weighted by Crippen LogP contribution is 2.25. The molecule has 0 aliphatic rings. The van der Waals surface area contributed by atoms with Crippen LogP contribution in [-0.2, 0) is 20.7 Å². The number of amides is 1. The van der Waals surface area contributed by atoms with Crippen LogP contribution in [0.15, 0.2) is 24.4 Å². The second kappa shape index (κ2) is 7.81. The summed E-state index contributed by atoms with van der Waals surface area (Å²) >= 11 is 0. The highest BCUT2D eigenvalue weighted by atomic mass is 16.5. The van der Waals surface area contributed by atoms with Gasteiger partial charge in [0.1, 0.15) is 6.04 Å². The molecule has 8 nitrogen and oxygen atoms in total. The molecule has 0 radical (unpaired) electrons. The SMILES string of the molecule is COC(=O)N[C@@H](Cc1cn(C(C)=O)c2ccc(C(C)=O)cc12)C(=O)OC. The lowest BCUT2D eigenvalue weighted by molar-refractivity contribution is -0.142. The molecule has 1 heterocycles. The molecule has 2 rings (SSSR count). The summed E-state index contributed by atoms with van der Waals surface area (Å²) in [7, 11) is 2.39. The number of ketones is 1. The zero-order valence-corrected chi connectivity index (χ0v) is 15.0. The molecule has 0 unspecified atom stereocenters. The summed E-state index contributed by atoms with van der Waals surface area (Å²) in [5.41, 5.74) is 1.71. The number of aromatic nitrogens is 1. The van der Waals surface area contributed by atoms with Gasteiger partial charge in [-0.05, 0) is 30.7 Å². The van der Waals surface area contributed by atoms with Crippen molar-refractivity contribution in [3.8, 4) is 0 Å². The highest BCUT2D eigenvalue weighted by Gasteiger charge is 2.25. The van der Waals surface area contributed by atoms with Crippen LogP contribution in [-0.4, -0.2) is 48.6 Å². The number of nitrogens with zero attached hydrogens (tertiary/aromatic N) is 1. The van der Waals surface area contributed by atoms with Crippen molar-refractivity contribution in [2.24, 2.45) is 0 Å². The van der Waals surface area contributed by atoms with Crippen LogP contribution in [0.5, 0.6) is 0 Å². The van der Waals surface area contributed by atoms with Gasteiger partial charge in [0.15, 0.2) is 5.78 Å². The standard InChI is InChI=1S/C18H20N2O6/c1-10(21)12-5-6-16-14(7-12)13(9-20(16)11(2)22)8-15(17(23)25-3)19-18(24)26-4/h5-7,9,15H,8H2,1-4H3,(H,19,24)/t15-/m0/s1. The van der Waals surface area contributed by atoms with Crippen molar-refractivity contribution in [1.29, 1.82) is 0 Å². The van der Waals surface area contributed by atoms with E-state index < -0.39 is 18.1 Å². The third-order valence-corrected chi connectivity index (χ3v) is 4.02. The van der Waals surface area contributed by atoms with E-state index in [9.17, 15) is 19.2 Å². The molecule has 26 heavy (non-hydrogen) atoms. The first-order valence-corrected chi connectivity index (χ1v) is 7.86. The largest absolute Gasteiger partial charge is 0.467 e. The van der Waals surface area contributed by atoms with Gasteiger partial charge in [-0.2, -0.15) is 0 Å². The Bertz CT molecular complexity index is 883. The summed E-state index contributed by atoms with van der Waals surface area (Å²) < 4.78 is 10.7. The minimum absolute atomic E-state index is 0.0694. The smallest absolute Gasteiger partial charge is 0.407 e. The number of alkyl carbamates (subject to hydrolysis) is 1. The van der Waals surface area contributed by atoms with Gasteiger partial charge in [-0.1, -0.05) is 0 Å². The van der Waals surface area contributed by atoms with Crippen LogP contribution < -0.4 is 5.32 Å². The van der Waals surface area contributed by atoms with Crippen molar-refractivity contribution in [1.82, 2.24) is 9.88 Å². The maximum Gasteiger partial charge on any atom is 0.407 e. The molecule has 8 heteroatoms. The highest BCUT2D eigenvalue weighted by molar-refractivity contribution is 6.01. The molecule has 138 valence electrons. The Labute approximate surface area is 150 Å². The molecular formula is C18H20N2O6. The fraction of sp³-hybridized carbons (Fsp3) is 0.333. The van der Waals surface area contributed by atoms with Crippen LogP contribution in [0, 0.1) is 0 Å². The van der Waals surface area contributed by atoms with Gasteiger partial charge >= 0.3 is 12.1 Å². The molecule has 0 aliphatic carbocycles. The molecule has 0 saturated heterocycles. The first kappa shape index (κ1) is 19.2. The number of nitrogens with one attached hydrogen (secondary N) is 1. The number of ether oxygens (including phenoxy) is 2. The monoisotopic (exact) mass is 360 g/mol. The Hall–Kier alpha value is -3.16. The maximum atomic E-state index is 12.0. The summed E-state index contributed by atoms with van der Waals surface area (Å²) in [5.74, 6) is -0.986. The van der Waals surface area contributed by atoms with E-state index in [4.69, 9.17) is 4.74 Å². The predicted molar refractivity (Wildman–Crippen MR) is 93.3 cm³/mol. The number of carbonyl (C=O) groups is 4. The van der Waals surface area contributed by atoms with Crippen LogP contribution in [0.2, 0.25) is 0 Å². The van der Waals surface area contributed by atoms with E-state index in [0.29, 0.717) is 22.0 Å². The Balaban J connectivity index is 2.53. The molecule has 1 aromatic carbocycles. The number of methoxy groups -OCH3 is 2. The molecule has 0 fully saturated rings. The summed E-state index contributed by atoms with van der Waals surface area (Å²) in [6.45, 7) is 2.85. The first-order chi connectivity index (χ1) is 12.3. The number of rotatable bonds is 5. The van der Waals surface area contributed by atoms with Crippen molar-refractivity contribution in [2.45, 2.75) is 26.3 Å². The van der Waals surface area contributed by atoms with Crippen LogP contribution in [0.1, 0.15) is 34.6 Å². The molecule has 0 bridgehead atoms. The lowest BCUT2D eigenvalue weighted by Gasteiger charge is -2.15. The van der Waals surface area contributed by atoms with Gasteiger partial charge in [-0.15, -0.1) is 0 Å². The molecule has 0 aliphatic heterocycles. The van der Waals surface area contributed by atoms with Gasteiger partial charge in [0.05, 0.1) is 19.7 Å². The molecule has 2 aromatic rings. The van der Waals surface area contributed by atoms with E-state index in [0.717, 1.165) is 0 Å². The fourth-order valence-corrected chi connectivity index (χ4v) is 2.70. The molecule has 0 spiro atoms. The Morgan fingerprint density at radius 1 is 1.12 bits per heavy atom. The summed E-state index contributed by atoms with van der Waals surface area (Å²) in [4.78, 5) is 47.1. The summed E-state index contributed by atoms with van der Waals surface area (Å²) in [5, 5.41) is 3.06. The average molecular weight is 360 g/mol. The molecular weight excluding hydrogens is 340 g/mol. The van der Waals surface area contributed by atoms with E-state index in [-0.39, 0.29) is 18.1 Å². The third-order valence-electron chi connectivity index (χ3n) is 4.02. The average Bonchev–Trinajstić information content (AvgIpc) is 2.98. The van der Waals surface area contributed by atoms with E-state index in [1.54, 1.807) is 24.4 Å². The number of hydrogen-bond donors (Lipinski definition) is 1. The summed E-state index contributed by atoms with van der Waals surface area (Å²) in [6.07, 6.45) is 0.881. The minimum Gasteiger partial charge on any atom is -0.467 e. The molecule has 0 saturated carbocycles. The van der Waals surface area contributed by atoms with E-state index >= 15 is 0 Å². The quantitative estimate of drug-likeness (QED) is 0.646. The first-order valence-electron chi connectivity index (χ1n) is 7.86. The summed E-state index contributed by atoms with van der Waals surface area (Å²) in [6, 6.07) is 3.98. The minimum atomic E-state index is -1.00. The Morgan fingerprint density at radius 2 is 1.81 bits per heavy atom. The van der Waals surface area contributed by atoms with Gasteiger partial charge in [-0.25, -0.2) is 9.59 Å². The topological polar surface area (TPSA) is 104 Å². The van der Waals surface area contributed by atoms with Crippen molar-refractivity contribution in [3.63, 3.8) is 0 Å². The number of Topliss-reactive ketones (excluding diaryl/α,β-unsaturated/α-hetero) is 1. The zero-order valence-electron chi connectivity index (χ0n) is 15.0. The van der Waals surface area contributed by atoms with Gasteiger partial charge in [-0.3, -0.25) is 14.2 Å². The van der Waals surface area contributed by atoms with E-state index in [1.807, 2.05) is 0 Å². The van der Waals surface area contributed by atoms with Crippen LogP contribution in [0.4, 0.5) is 4.79 Å². The van der Waals surface area contributed by atoms with E-state index in [1.165, 1.54) is 32.6 Å². The van der Waals surface area contributed by atoms with E-state index in [2.05, 4.69) is 10.1 Å². The molecule has 1 N–H and O–H groups in total. The Kier molecular flexibility index (Phi) is 5.76. The van der Waals surface area contributed by atoms with Gasteiger partial charge in [0.25, 0.3) is 0 Å². The maximum absolute atomic E-state index is 12.0. The zero-order chi connectivity index (χ0) is 19.4. The predicted octanol–water partition coefficient (Wildman–Crippen LogP) is 1.94. The van der Waals surface area contributed by atoms with Crippen LogP contribution >= 0.6 is 0 Å². The second-order valence-electron chi connectivity index (χ2n) is 5.75. The number of benzene rings is 1. The molecule has 1 amide bonds. The second-order valence-corrected chi connectivity index (χ2v) is 5.75. The van der Waals surface area contributed by atoms with Gasteiger partial charge in [0, 0.05) is 30.5 Å². The van der Waals surface area contributed by atoms with Gasteiger partial charge < -0.3 is 14.8 Å². The molecule has 1 atom stereocenters. The van der Waals surface area contributed by atoms with Crippen molar-refractivity contribution in [3.05, 3.63) is 35.5 Å². The molecule has 1 aromatic heterocycles. The van der Waals surface area contributed by atoms with Crippen molar-refractivity contribution < 1.29 is 28.7 Å². The third kappa shape index (κ3) is 3.90. The lowest BCUT2D eigenvalue weighted by Crippen LogP contribution is -2.43. The normalized spacial score (nSPS) is 11.7. The van der Waals surface area contributed by atoms with Gasteiger partial charge in [0.2, 0.25) is 5.91 Å². The number of fused-ring (bicyclic) bond motifs is 1. The van der Waals surface area contributed by atoms with Crippen molar-refractivity contribution >= 4 is 34.7 Å². The van der Waals surface area contributed by atoms with Crippen molar-refractivity contribution in [2.75, 3.05) is 14.2 Å². The Morgan fingerprint density at radius 3 is 2.35 bits per heavy atom. The number of carbonyl (C=O) groups excluding carboxylic acids is 4. The lowest BCUT2D eigenvalue weighted by atomic mass is 10.0.